The van der Waals surface area contributed by atoms with Crippen LogP contribution in [0.3, 0.4) is 0 Å². The van der Waals surface area contributed by atoms with Gasteiger partial charge in [-0.3, -0.25) is 0 Å². The number of methoxy groups -OCH3 is 1. The van der Waals surface area contributed by atoms with Crippen molar-refractivity contribution in [1.29, 1.82) is 0 Å². The summed E-state index contributed by atoms with van der Waals surface area (Å²) in [7, 11) is 1.72. The van der Waals surface area contributed by atoms with Crippen molar-refractivity contribution in [3.8, 4) is 0 Å². The van der Waals surface area contributed by atoms with Crippen molar-refractivity contribution in [3.63, 3.8) is 0 Å². The molecule has 0 spiro atoms. The van der Waals surface area contributed by atoms with Crippen molar-refractivity contribution in [2.45, 2.75) is 32.4 Å². The third-order valence-electron chi connectivity index (χ3n) is 2.78. The molecule has 2 nitrogen and oxygen atoms in total. The summed E-state index contributed by atoms with van der Waals surface area (Å²) >= 11 is 12.3. The van der Waals surface area contributed by atoms with Gasteiger partial charge in [-0.25, -0.2) is 0 Å². The SMILES string of the molecule is CCNC(CC(C)OC)c1cccc(Cl)c1Cl. The van der Waals surface area contributed by atoms with Crippen molar-refractivity contribution in [1.82, 2.24) is 5.32 Å². The molecule has 0 saturated carbocycles. The zero-order valence-electron chi connectivity index (χ0n) is 10.5. The summed E-state index contributed by atoms with van der Waals surface area (Å²) in [4.78, 5) is 0. The van der Waals surface area contributed by atoms with Gasteiger partial charge in [0, 0.05) is 13.2 Å². The topological polar surface area (TPSA) is 21.3 Å². The van der Waals surface area contributed by atoms with E-state index in [4.69, 9.17) is 27.9 Å². The van der Waals surface area contributed by atoms with E-state index in [2.05, 4.69) is 12.2 Å². The lowest BCUT2D eigenvalue weighted by Gasteiger charge is -2.22. The molecule has 1 aromatic carbocycles. The quantitative estimate of drug-likeness (QED) is 0.845. The number of hydrogen-bond donors (Lipinski definition) is 1. The highest BCUT2D eigenvalue weighted by atomic mass is 35.5. The number of hydrogen-bond acceptors (Lipinski definition) is 2. The second-order valence-corrected chi connectivity index (χ2v) is 4.82. The lowest BCUT2D eigenvalue weighted by atomic mass is 10.0. The Morgan fingerprint density at radius 3 is 2.65 bits per heavy atom. The third-order valence-corrected chi connectivity index (χ3v) is 3.61. The largest absolute Gasteiger partial charge is 0.382 e. The summed E-state index contributed by atoms with van der Waals surface area (Å²) in [5.41, 5.74) is 1.03. The van der Waals surface area contributed by atoms with Crippen LogP contribution in [0.1, 0.15) is 31.9 Å². The van der Waals surface area contributed by atoms with E-state index in [1.807, 2.05) is 19.1 Å². The van der Waals surface area contributed by atoms with Crippen LogP contribution in [0.2, 0.25) is 10.0 Å². The number of ether oxygens (including phenoxy) is 1. The number of nitrogens with one attached hydrogen (secondary N) is 1. The lowest BCUT2D eigenvalue weighted by Crippen LogP contribution is -2.25. The Morgan fingerprint density at radius 2 is 2.06 bits per heavy atom. The van der Waals surface area contributed by atoms with Crippen molar-refractivity contribution in [3.05, 3.63) is 33.8 Å². The molecule has 1 N–H and O–H groups in total. The molecule has 1 aromatic rings. The Hall–Kier alpha value is -0.280. The normalized spacial score (nSPS) is 14.6. The molecule has 0 bridgehead atoms. The predicted molar refractivity (Wildman–Crippen MR) is 74.0 cm³/mol. The van der Waals surface area contributed by atoms with Crippen molar-refractivity contribution in [2.24, 2.45) is 0 Å². The summed E-state index contributed by atoms with van der Waals surface area (Å²) in [5.74, 6) is 0. The first-order chi connectivity index (χ1) is 8.10. The van der Waals surface area contributed by atoms with E-state index in [0.717, 1.165) is 18.5 Å². The molecule has 0 heterocycles. The summed E-state index contributed by atoms with van der Waals surface area (Å²) in [5, 5.41) is 4.63. The van der Waals surface area contributed by atoms with Gasteiger partial charge in [-0.1, -0.05) is 42.3 Å². The van der Waals surface area contributed by atoms with Gasteiger partial charge in [0.15, 0.2) is 0 Å². The molecule has 0 aromatic heterocycles. The van der Waals surface area contributed by atoms with Gasteiger partial charge < -0.3 is 10.1 Å². The number of halogens is 2. The minimum absolute atomic E-state index is 0.168. The molecule has 0 radical (unpaired) electrons. The van der Waals surface area contributed by atoms with E-state index >= 15 is 0 Å². The highest BCUT2D eigenvalue weighted by Gasteiger charge is 2.17. The second kappa shape index (κ2) is 7.22. The standard InChI is InChI=1S/C13H19Cl2NO/c1-4-16-12(8-9(2)17-3)10-6-5-7-11(14)13(10)15/h5-7,9,12,16H,4,8H2,1-3H3. The van der Waals surface area contributed by atoms with Crippen LogP contribution in [0.4, 0.5) is 0 Å². The summed E-state index contributed by atoms with van der Waals surface area (Å²) < 4.78 is 5.30. The molecule has 0 aliphatic heterocycles. The van der Waals surface area contributed by atoms with Gasteiger partial charge in [0.2, 0.25) is 0 Å². The average Bonchev–Trinajstić information content (AvgIpc) is 2.32. The Balaban J connectivity index is 2.92. The Kier molecular flexibility index (Phi) is 6.28. The van der Waals surface area contributed by atoms with E-state index in [1.54, 1.807) is 13.2 Å². The Labute approximate surface area is 113 Å². The molecule has 0 fully saturated rings. The molecule has 4 heteroatoms. The van der Waals surface area contributed by atoms with Gasteiger partial charge in [0.1, 0.15) is 0 Å². The zero-order chi connectivity index (χ0) is 12.8. The molecule has 2 atom stereocenters. The van der Waals surface area contributed by atoms with Crippen molar-refractivity contribution >= 4 is 23.2 Å². The van der Waals surface area contributed by atoms with Crippen LogP contribution >= 0.6 is 23.2 Å². The summed E-state index contributed by atoms with van der Waals surface area (Å²) in [6.07, 6.45) is 1.04. The van der Waals surface area contributed by atoms with Gasteiger partial charge >= 0.3 is 0 Å². The summed E-state index contributed by atoms with van der Waals surface area (Å²) in [6.45, 7) is 5.00. The molecule has 0 amide bonds. The number of benzene rings is 1. The maximum atomic E-state index is 6.24. The van der Waals surface area contributed by atoms with Gasteiger partial charge in [0.25, 0.3) is 0 Å². The van der Waals surface area contributed by atoms with E-state index in [9.17, 15) is 0 Å². The van der Waals surface area contributed by atoms with Crippen LogP contribution in [-0.4, -0.2) is 19.8 Å². The van der Waals surface area contributed by atoms with Crippen LogP contribution in [0.25, 0.3) is 0 Å². The molecule has 96 valence electrons. The molecule has 17 heavy (non-hydrogen) atoms. The molecule has 2 unspecified atom stereocenters. The van der Waals surface area contributed by atoms with Crippen molar-refractivity contribution in [2.75, 3.05) is 13.7 Å². The molecular weight excluding hydrogens is 257 g/mol. The maximum absolute atomic E-state index is 6.24. The third kappa shape index (κ3) is 4.14. The van der Waals surface area contributed by atoms with E-state index in [-0.39, 0.29) is 12.1 Å². The fourth-order valence-corrected chi connectivity index (χ4v) is 2.22. The molecular formula is C13H19Cl2NO. The highest BCUT2D eigenvalue weighted by molar-refractivity contribution is 6.42. The van der Waals surface area contributed by atoms with Crippen LogP contribution < -0.4 is 5.32 Å². The van der Waals surface area contributed by atoms with E-state index in [0.29, 0.717) is 10.0 Å². The first kappa shape index (κ1) is 14.8. The van der Waals surface area contributed by atoms with Crippen LogP contribution in [0, 0.1) is 0 Å². The monoisotopic (exact) mass is 275 g/mol. The number of rotatable bonds is 6. The van der Waals surface area contributed by atoms with Gasteiger partial charge in [-0.15, -0.1) is 0 Å². The Bertz CT molecular complexity index is 357. The predicted octanol–water partition coefficient (Wildman–Crippen LogP) is 4.07. The van der Waals surface area contributed by atoms with Gasteiger partial charge in [0.05, 0.1) is 16.1 Å². The fraction of sp³-hybridized carbons (Fsp3) is 0.538. The lowest BCUT2D eigenvalue weighted by molar-refractivity contribution is 0.101. The minimum Gasteiger partial charge on any atom is -0.382 e. The molecule has 0 aliphatic carbocycles. The molecule has 0 aliphatic rings. The van der Waals surface area contributed by atoms with E-state index in [1.165, 1.54) is 0 Å². The summed E-state index contributed by atoms with van der Waals surface area (Å²) in [6, 6.07) is 5.90. The Morgan fingerprint density at radius 1 is 1.35 bits per heavy atom. The first-order valence-electron chi connectivity index (χ1n) is 5.80. The van der Waals surface area contributed by atoms with Crippen molar-refractivity contribution < 1.29 is 4.74 Å². The van der Waals surface area contributed by atoms with Gasteiger partial charge in [-0.05, 0) is 31.5 Å². The van der Waals surface area contributed by atoms with Crippen LogP contribution in [0.5, 0.6) is 0 Å². The van der Waals surface area contributed by atoms with Crippen LogP contribution in [-0.2, 0) is 4.74 Å². The zero-order valence-corrected chi connectivity index (χ0v) is 12.0. The van der Waals surface area contributed by atoms with Crippen LogP contribution in [0.15, 0.2) is 18.2 Å². The molecule has 0 saturated heterocycles. The highest BCUT2D eigenvalue weighted by Crippen LogP contribution is 2.32. The first-order valence-corrected chi connectivity index (χ1v) is 6.55. The smallest absolute Gasteiger partial charge is 0.0640 e. The fourth-order valence-electron chi connectivity index (χ4n) is 1.78. The van der Waals surface area contributed by atoms with E-state index < -0.39 is 0 Å². The average molecular weight is 276 g/mol. The second-order valence-electron chi connectivity index (χ2n) is 4.04. The molecule has 1 rings (SSSR count). The van der Waals surface area contributed by atoms with Gasteiger partial charge in [-0.2, -0.15) is 0 Å². The minimum atomic E-state index is 0.168. The maximum Gasteiger partial charge on any atom is 0.0640 e.